The van der Waals surface area contributed by atoms with Gasteiger partial charge in [-0.3, -0.25) is 0 Å². The van der Waals surface area contributed by atoms with Crippen molar-refractivity contribution in [3.63, 3.8) is 0 Å². The van der Waals surface area contributed by atoms with E-state index in [0.29, 0.717) is 11.8 Å². The summed E-state index contributed by atoms with van der Waals surface area (Å²) < 4.78 is 5.91. The maximum atomic E-state index is 11.0. The molecule has 0 saturated heterocycles. The molecule has 3 N–H and O–H groups in total. The molecule has 39 heavy (non-hydrogen) atoms. The van der Waals surface area contributed by atoms with Crippen molar-refractivity contribution in [2.24, 2.45) is 0 Å². The van der Waals surface area contributed by atoms with E-state index < -0.39 is 5.97 Å². The van der Waals surface area contributed by atoms with Crippen LogP contribution in [0.15, 0.2) is 101 Å². The zero-order valence-electron chi connectivity index (χ0n) is 21.1. The molecule has 4 aromatic carbocycles. The van der Waals surface area contributed by atoms with Crippen molar-refractivity contribution in [1.29, 1.82) is 0 Å². The molecule has 5 aromatic rings. The van der Waals surface area contributed by atoms with Crippen molar-refractivity contribution < 1.29 is 24.5 Å². The first-order valence-corrected chi connectivity index (χ1v) is 12.0. The number of rotatable bonds is 7. The van der Waals surface area contributed by atoms with E-state index in [9.17, 15) is 9.90 Å². The molecule has 0 aliphatic carbocycles. The van der Waals surface area contributed by atoms with Gasteiger partial charge >= 0.3 is 5.97 Å². The SMILES string of the molecule is CO.O=C(O)c1ccc(/C=C/c2ccc(-c3nnc(-c4ccc(/C=C/c5ccc(O)cc5)cc4)o3)cc2)cc1. The van der Waals surface area contributed by atoms with Gasteiger partial charge in [-0.25, -0.2) is 4.79 Å². The van der Waals surface area contributed by atoms with Gasteiger partial charge in [0.15, 0.2) is 0 Å². The molecule has 194 valence electrons. The molecular weight excluding hydrogens is 492 g/mol. The van der Waals surface area contributed by atoms with Crippen molar-refractivity contribution in [1.82, 2.24) is 10.2 Å². The summed E-state index contributed by atoms with van der Waals surface area (Å²) in [5.41, 5.74) is 5.83. The Morgan fingerprint density at radius 1 is 0.590 bits per heavy atom. The van der Waals surface area contributed by atoms with E-state index in [1.165, 1.54) is 0 Å². The van der Waals surface area contributed by atoms with E-state index in [1.54, 1.807) is 36.4 Å². The average Bonchev–Trinajstić information content (AvgIpc) is 3.48. The number of aromatic hydroxyl groups is 1. The van der Waals surface area contributed by atoms with Gasteiger partial charge in [0.1, 0.15) is 5.75 Å². The van der Waals surface area contributed by atoms with Gasteiger partial charge in [0.2, 0.25) is 11.8 Å². The minimum Gasteiger partial charge on any atom is -0.508 e. The number of aliphatic hydroxyl groups excluding tert-OH is 1. The predicted octanol–water partition coefficient (Wildman–Crippen LogP) is 6.76. The van der Waals surface area contributed by atoms with E-state index in [4.69, 9.17) is 14.6 Å². The maximum Gasteiger partial charge on any atom is 0.335 e. The van der Waals surface area contributed by atoms with E-state index in [1.807, 2.05) is 85.0 Å². The molecule has 0 atom stereocenters. The number of aliphatic hydroxyl groups is 1. The maximum absolute atomic E-state index is 11.0. The van der Waals surface area contributed by atoms with E-state index in [-0.39, 0.29) is 11.3 Å². The normalized spacial score (nSPS) is 10.9. The van der Waals surface area contributed by atoms with Crippen molar-refractivity contribution >= 4 is 30.3 Å². The number of hydrogen-bond donors (Lipinski definition) is 3. The molecule has 1 aromatic heterocycles. The van der Waals surface area contributed by atoms with Gasteiger partial charge in [-0.15, -0.1) is 10.2 Å². The van der Waals surface area contributed by atoms with Gasteiger partial charge in [0.25, 0.3) is 0 Å². The molecule has 0 radical (unpaired) electrons. The fourth-order valence-corrected chi connectivity index (χ4v) is 3.64. The molecule has 0 fully saturated rings. The molecule has 0 spiro atoms. The largest absolute Gasteiger partial charge is 0.508 e. The zero-order valence-corrected chi connectivity index (χ0v) is 21.1. The lowest BCUT2D eigenvalue weighted by Crippen LogP contribution is -1.94. The lowest BCUT2D eigenvalue weighted by Gasteiger charge is -1.99. The minimum atomic E-state index is -0.938. The average molecular weight is 519 g/mol. The number of carbonyl (C=O) groups is 1. The molecule has 5 rings (SSSR count). The lowest BCUT2D eigenvalue weighted by molar-refractivity contribution is 0.0697. The van der Waals surface area contributed by atoms with E-state index >= 15 is 0 Å². The number of nitrogens with zero attached hydrogens (tertiary/aromatic N) is 2. The molecule has 1 heterocycles. The van der Waals surface area contributed by atoms with Gasteiger partial charge in [-0.2, -0.15) is 0 Å². The Bertz CT molecular complexity index is 1570. The third-order valence-electron chi connectivity index (χ3n) is 5.73. The summed E-state index contributed by atoms with van der Waals surface area (Å²) in [7, 11) is 1.00. The number of carboxylic acid groups (broad SMARTS) is 1. The number of hydrogen-bond acceptors (Lipinski definition) is 6. The topological polar surface area (TPSA) is 117 Å². The highest BCUT2D eigenvalue weighted by Gasteiger charge is 2.10. The fourth-order valence-electron chi connectivity index (χ4n) is 3.64. The van der Waals surface area contributed by atoms with Crippen molar-refractivity contribution in [2.75, 3.05) is 7.11 Å². The monoisotopic (exact) mass is 518 g/mol. The molecule has 0 unspecified atom stereocenters. The Morgan fingerprint density at radius 2 is 0.923 bits per heavy atom. The van der Waals surface area contributed by atoms with Crippen LogP contribution in [0.4, 0.5) is 0 Å². The number of aromatic nitrogens is 2. The van der Waals surface area contributed by atoms with Gasteiger partial charge < -0.3 is 19.7 Å². The van der Waals surface area contributed by atoms with Gasteiger partial charge in [-0.05, 0) is 70.8 Å². The summed E-state index contributed by atoms with van der Waals surface area (Å²) in [6.45, 7) is 0. The van der Waals surface area contributed by atoms with E-state index in [0.717, 1.165) is 40.5 Å². The number of benzene rings is 4. The Morgan fingerprint density at radius 3 is 1.28 bits per heavy atom. The summed E-state index contributed by atoms with van der Waals surface area (Å²) >= 11 is 0. The predicted molar refractivity (Wildman–Crippen MR) is 153 cm³/mol. The highest BCUT2D eigenvalue weighted by atomic mass is 16.4. The van der Waals surface area contributed by atoms with Crippen LogP contribution < -0.4 is 0 Å². The van der Waals surface area contributed by atoms with Crippen LogP contribution in [0.3, 0.4) is 0 Å². The Balaban J connectivity index is 0.00000172. The molecule has 0 saturated carbocycles. The highest BCUT2D eigenvalue weighted by Crippen LogP contribution is 2.25. The number of carboxylic acids is 1. The Hall–Kier alpha value is -5.27. The number of aromatic carboxylic acids is 1. The second-order valence-corrected chi connectivity index (χ2v) is 8.34. The molecule has 0 amide bonds. The second-order valence-electron chi connectivity index (χ2n) is 8.34. The van der Waals surface area contributed by atoms with Crippen LogP contribution in [-0.4, -0.2) is 38.6 Å². The number of phenolic OH excluding ortho intramolecular Hbond substituents is 1. The quantitative estimate of drug-likeness (QED) is 0.204. The molecular formula is C32H26N2O5. The summed E-state index contributed by atoms with van der Waals surface area (Å²) in [6.07, 6.45) is 7.86. The molecule has 0 aliphatic rings. The van der Waals surface area contributed by atoms with Crippen molar-refractivity contribution in [2.45, 2.75) is 0 Å². The zero-order chi connectivity index (χ0) is 27.6. The van der Waals surface area contributed by atoms with Crippen LogP contribution in [0.1, 0.15) is 32.6 Å². The van der Waals surface area contributed by atoms with Crippen molar-refractivity contribution in [3.05, 3.63) is 125 Å². The summed E-state index contributed by atoms with van der Waals surface area (Å²) in [5.74, 6) is 0.186. The second kappa shape index (κ2) is 12.8. The lowest BCUT2D eigenvalue weighted by atomic mass is 10.1. The fraction of sp³-hybridized carbons (Fsp3) is 0.0312. The molecule has 0 aliphatic heterocycles. The van der Waals surface area contributed by atoms with Crippen molar-refractivity contribution in [3.8, 4) is 28.7 Å². The third kappa shape index (κ3) is 7.15. The first-order valence-electron chi connectivity index (χ1n) is 12.0. The summed E-state index contributed by atoms with van der Waals surface area (Å²) in [6, 6.07) is 29.3. The Labute approximate surface area is 225 Å². The van der Waals surface area contributed by atoms with Gasteiger partial charge in [0.05, 0.1) is 5.56 Å². The molecule has 0 bridgehead atoms. The molecule has 7 heteroatoms. The van der Waals surface area contributed by atoms with Crippen LogP contribution in [0.2, 0.25) is 0 Å². The number of phenols is 1. The highest BCUT2D eigenvalue weighted by molar-refractivity contribution is 5.88. The minimum absolute atomic E-state index is 0.246. The first-order chi connectivity index (χ1) is 19.0. The third-order valence-corrected chi connectivity index (χ3v) is 5.73. The first kappa shape index (κ1) is 26.8. The summed E-state index contributed by atoms with van der Waals surface area (Å²) in [5, 5.41) is 33.8. The van der Waals surface area contributed by atoms with Crippen LogP contribution in [0.5, 0.6) is 5.75 Å². The molecule has 7 nitrogen and oxygen atoms in total. The Kier molecular flexibility index (Phi) is 8.79. The van der Waals surface area contributed by atoms with Crippen LogP contribution in [0, 0.1) is 0 Å². The smallest absolute Gasteiger partial charge is 0.335 e. The standard InChI is InChI=1S/C31H22N2O4.CH4O/c34-28-19-11-24(12-20-28)4-3-22-7-15-26(16-8-22)30-33-32-29(37-30)25-13-5-21(6-14-25)1-2-23-9-17-27(18-10-23)31(35)36;1-2/h1-20,34H,(H,35,36);2H,1H3/b2-1+,4-3+;. The van der Waals surface area contributed by atoms with E-state index in [2.05, 4.69) is 10.2 Å². The summed E-state index contributed by atoms with van der Waals surface area (Å²) in [4.78, 5) is 11.0. The van der Waals surface area contributed by atoms with Crippen LogP contribution in [0.25, 0.3) is 47.2 Å². The van der Waals surface area contributed by atoms with Gasteiger partial charge in [-0.1, -0.05) is 72.8 Å². The van der Waals surface area contributed by atoms with Gasteiger partial charge in [0, 0.05) is 18.2 Å². The van der Waals surface area contributed by atoms with Crippen LogP contribution >= 0.6 is 0 Å². The van der Waals surface area contributed by atoms with Crippen LogP contribution in [-0.2, 0) is 0 Å².